The van der Waals surface area contributed by atoms with Crippen LogP contribution in [-0.2, 0) is 28.3 Å². The van der Waals surface area contributed by atoms with E-state index >= 15 is 0 Å². The second kappa shape index (κ2) is 14.4. The van der Waals surface area contributed by atoms with Crippen molar-refractivity contribution in [2.75, 3.05) is 5.75 Å². The number of carbonyl (C=O) groups is 2. The summed E-state index contributed by atoms with van der Waals surface area (Å²) in [5.41, 5.74) is 2.99. The largest absolute Gasteiger partial charge is 0.352 e. The predicted octanol–water partition coefficient (Wildman–Crippen LogP) is 6.00. The zero-order chi connectivity index (χ0) is 25.8. The van der Waals surface area contributed by atoms with Crippen LogP contribution in [0.3, 0.4) is 0 Å². The van der Waals surface area contributed by atoms with Gasteiger partial charge in [0.25, 0.3) is 0 Å². The first-order chi connectivity index (χ1) is 17.5. The van der Waals surface area contributed by atoms with Crippen LogP contribution in [0, 0.1) is 5.82 Å². The lowest BCUT2D eigenvalue weighted by molar-refractivity contribution is -0.141. The zero-order valence-corrected chi connectivity index (χ0v) is 21.8. The number of hydrogen-bond donors (Lipinski definition) is 1. The van der Waals surface area contributed by atoms with E-state index in [0.29, 0.717) is 18.6 Å². The second-order valence-corrected chi connectivity index (χ2v) is 10.1. The van der Waals surface area contributed by atoms with Gasteiger partial charge < -0.3 is 10.2 Å². The van der Waals surface area contributed by atoms with Crippen molar-refractivity contribution in [2.24, 2.45) is 0 Å². The molecule has 3 rings (SSSR count). The lowest BCUT2D eigenvalue weighted by atomic mass is 10.0. The maximum Gasteiger partial charge on any atom is 0.243 e. The topological polar surface area (TPSA) is 49.4 Å². The number of hydrogen-bond acceptors (Lipinski definition) is 3. The van der Waals surface area contributed by atoms with E-state index < -0.39 is 6.04 Å². The SMILES string of the molecule is CC[C@H](C)NC(=O)[C@H](Cc1ccccc1)N(Cc1ccc(F)cc1)C(=O)CCSCc1ccccc1. The molecule has 0 fully saturated rings. The molecule has 0 radical (unpaired) electrons. The zero-order valence-electron chi connectivity index (χ0n) is 21.0. The van der Waals surface area contributed by atoms with Crippen LogP contribution in [0.5, 0.6) is 0 Å². The molecule has 1 N–H and O–H groups in total. The summed E-state index contributed by atoms with van der Waals surface area (Å²) in [7, 11) is 0. The standard InChI is InChI=1S/C30H35FN2O2S/c1-3-23(2)32-30(35)28(20-24-10-6-4-7-11-24)33(21-25-14-16-27(31)17-15-25)29(34)18-19-36-22-26-12-8-5-9-13-26/h4-17,23,28H,3,18-22H2,1-2H3,(H,32,35)/t23-,28-/m0/s1. The third kappa shape index (κ3) is 8.83. The fraction of sp³-hybridized carbons (Fsp3) is 0.333. The number of amides is 2. The highest BCUT2D eigenvalue weighted by Crippen LogP contribution is 2.19. The van der Waals surface area contributed by atoms with Gasteiger partial charge in [-0.1, -0.05) is 79.7 Å². The van der Waals surface area contributed by atoms with Gasteiger partial charge in [0.2, 0.25) is 11.8 Å². The van der Waals surface area contributed by atoms with Crippen molar-refractivity contribution in [3.8, 4) is 0 Å². The number of thioether (sulfide) groups is 1. The minimum Gasteiger partial charge on any atom is -0.352 e. The monoisotopic (exact) mass is 506 g/mol. The minimum atomic E-state index is -0.668. The van der Waals surface area contributed by atoms with Gasteiger partial charge >= 0.3 is 0 Å². The average molecular weight is 507 g/mol. The summed E-state index contributed by atoms with van der Waals surface area (Å²) in [6, 6.07) is 25.4. The van der Waals surface area contributed by atoms with Crippen molar-refractivity contribution in [3.05, 3.63) is 107 Å². The van der Waals surface area contributed by atoms with Crippen LogP contribution in [0.4, 0.5) is 4.39 Å². The summed E-state index contributed by atoms with van der Waals surface area (Å²) in [4.78, 5) is 28.7. The fourth-order valence-corrected chi connectivity index (χ4v) is 4.74. The van der Waals surface area contributed by atoms with E-state index in [1.54, 1.807) is 28.8 Å². The average Bonchev–Trinajstić information content (AvgIpc) is 2.90. The molecule has 36 heavy (non-hydrogen) atoms. The van der Waals surface area contributed by atoms with Gasteiger partial charge in [-0.3, -0.25) is 9.59 Å². The first kappa shape index (κ1) is 27.5. The maximum absolute atomic E-state index is 13.6. The minimum absolute atomic E-state index is 0.0000236. The van der Waals surface area contributed by atoms with Crippen LogP contribution >= 0.6 is 11.8 Å². The van der Waals surface area contributed by atoms with Crippen LogP contribution < -0.4 is 5.32 Å². The molecule has 3 aromatic rings. The summed E-state index contributed by atoms with van der Waals surface area (Å²) in [5, 5.41) is 3.07. The molecule has 0 aliphatic rings. The van der Waals surface area contributed by atoms with E-state index in [2.05, 4.69) is 17.4 Å². The van der Waals surface area contributed by atoms with Crippen molar-refractivity contribution in [3.63, 3.8) is 0 Å². The van der Waals surface area contributed by atoms with Gasteiger partial charge in [0.15, 0.2) is 0 Å². The quantitative estimate of drug-likeness (QED) is 0.289. The third-order valence-corrected chi connectivity index (χ3v) is 7.14. The van der Waals surface area contributed by atoms with Crippen molar-refractivity contribution in [2.45, 2.75) is 57.5 Å². The Labute approximate surface area is 218 Å². The normalized spacial score (nSPS) is 12.5. The molecule has 0 spiro atoms. The molecule has 0 saturated heterocycles. The van der Waals surface area contributed by atoms with E-state index in [1.807, 2.05) is 62.4 Å². The van der Waals surface area contributed by atoms with Crippen molar-refractivity contribution >= 4 is 23.6 Å². The van der Waals surface area contributed by atoms with E-state index in [0.717, 1.165) is 23.3 Å². The highest BCUT2D eigenvalue weighted by molar-refractivity contribution is 7.98. The third-order valence-electron chi connectivity index (χ3n) is 6.11. The molecule has 190 valence electrons. The molecular formula is C30H35FN2O2S. The van der Waals surface area contributed by atoms with Crippen LogP contribution in [0.25, 0.3) is 0 Å². The van der Waals surface area contributed by atoms with Gasteiger partial charge in [0, 0.05) is 36.9 Å². The maximum atomic E-state index is 13.6. The van der Waals surface area contributed by atoms with Gasteiger partial charge in [-0.2, -0.15) is 11.8 Å². The lowest BCUT2D eigenvalue weighted by Gasteiger charge is -2.32. The Hall–Kier alpha value is -3.12. The van der Waals surface area contributed by atoms with Crippen LogP contribution in [0.1, 0.15) is 43.4 Å². The summed E-state index contributed by atoms with van der Waals surface area (Å²) in [6.45, 7) is 4.22. The molecule has 0 aromatic heterocycles. The first-order valence-electron chi connectivity index (χ1n) is 12.5. The van der Waals surface area contributed by atoms with Crippen molar-refractivity contribution in [1.29, 1.82) is 0 Å². The molecule has 0 saturated carbocycles. The molecule has 0 unspecified atom stereocenters. The van der Waals surface area contributed by atoms with Gasteiger partial charge in [0.05, 0.1) is 0 Å². The molecule has 0 bridgehead atoms. The highest BCUT2D eigenvalue weighted by Gasteiger charge is 2.30. The Bertz CT molecular complexity index is 1080. The summed E-state index contributed by atoms with van der Waals surface area (Å²) in [5.74, 6) is 0.900. The highest BCUT2D eigenvalue weighted by atomic mass is 32.2. The van der Waals surface area contributed by atoms with Crippen LogP contribution in [0.15, 0.2) is 84.9 Å². The molecule has 6 heteroatoms. The van der Waals surface area contributed by atoms with Crippen molar-refractivity contribution in [1.82, 2.24) is 10.2 Å². The summed E-state index contributed by atoms with van der Waals surface area (Å²) in [6.07, 6.45) is 1.53. The Morgan fingerprint density at radius 2 is 1.50 bits per heavy atom. The number of halogens is 1. The predicted molar refractivity (Wildman–Crippen MR) is 146 cm³/mol. The lowest BCUT2D eigenvalue weighted by Crippen LogP contribution is -2.52. The second-order valence-electron chi connectivity index (χ2n) is 8.96. The van der Waals surface area contributed by atoms with E-state index in [1.165, 1.54) is 17.7 Å². The van der Waals surface area contributed by atoms with Crippen molar-refractivity contribution < 1.29 is 14.0 Å². The van der Waals surface area contributed by atoms with Gasteiger partial charge in [-0.05, 0) is 42.2 Å². The molecule has 0 heterocycles. The smallest absolute Gasteiger partial charge is 0.243 e. The molecular weight excluding hydrogens is 471 g/mol. The number of nitrogens with one attached hydrogen (secondary N) is 1. The number of nitrogens with zero attached hydrogens (tertiary/aromatic N) is 1. The molecule has 0 aliphatic heterocycles. The van der Waals surface area contributed by atoms with E-state index in [-0.39, 0.29) is 30.2 Å². The van der Waals surface area contributed by atoms with Gasteiger partial charge in [-0.15, -0.1) is 0 Å². The van der Waals surface area contributed by atoms with Gasteiger partial charge in [-0.25, -0.2) is 4.39 Å². The van der Waals surface area contributed by atoms with Crippen LogP contribution in [0.2, 0.25) is 0 Å². The molecule has 0 aliphatic carbocycles. The van der Waals surface area contributed by atoms with Crippen LogP contribution in [-0.4, -0.2) is 34.6 Å². The summed E-state index contributed by atoms with van der Waals surface area (Å²) >= 11 is 1.70. The number of carbonyl (C=O) groups excluding carboxylic acids is 2. The van der Waals surface area contributed by atoms with E-state index in [4.69, 9.17) is 0 Å². The number of benzene rings is 3. The Morgan fingerprint density at radius 3 is 2.11 bits per heavy atom. The first-order valence-corrected chi connectivity index (χ1v) is 13.6. The van der Waals surface area contributed by atoms with E-state index in [9.17, 15) is 14.0 Å². The fourth-order valence-electron chi connectivity index (χ4n) is 3.85. The molecule has 4 nitrogen and oxygen atoms in total. The molecule has 3 aromatic carbocycles. The molecule has 2 amide bonds. The Kier molecular flexibility index (Phi) is 11.0. The molecule has 2 atom stereocenters. The number of rotatable bonds is 13. The summed E-state index contributed by atoms with van der Waals surface area (Å²) < 4.78 is 13.5. The Balaban J connectivity index is 1.80. The Morgan fingerprint density at radius 1 is 0.889 bits per heavy atom. The van der Waals surface area contributed by atoms with Gasteiger partial charge in [0.1, 0.15) is 11.9 Å².